The Balaban J connectivity index is 1.52. The fraction of sp³-hybridized carbons (Fsp3) is 1.00. The third-order valence-corrected chi connectivity index (χ3v) is 5.24. The van der Waals surface area contributed by atoms with Gasteiger partial charge in [0.2, 0.25) is 0 Å². The van der Waals surface area contributed by atoms with Crippen LogP contribution in [0.3, 0.4) is 0 Å². The number of hydrogen-bond donors (Lipinski definition) is 1. The molecule has 0 bridgehead atoms. The average Bonchev–Trinajstić information content (AvgIpc) is 2.79. The molecular formula is C15H27NO. The van der Waals surface area contributed by atoms with Crippen LogP contribution < -0.4 is 5.32 Å². The predicted octanol–water partition coefficient (Wildman–Crippen LogP) is 3.12. The second-order valence-corrected chi connectivity index (χ2v) is 6.53. The summed E-state index contributed by atoms with van der Waals surface area (Å²) in [5.74, 6) is 1.96. The van der Waals surface area contributed by atoms with Gasteiger partial charge in [-0.15, -0.1) is 0 Å². The van der Waals surface area contributed by atoms with Crippen molar-refractivity contribution in [3.8, 4) is 0 Å². The summed E-state index contributed by atoms with van der Waals surface area (Å²) in [6, 6.07) is 0. The molecule has 1 N–H and O–H groups in total. The molecule has 0 amide bonds. The van der Waals surface area contributed by atoms with Crippen LogP contribution in [0, 0.1) is 11.8 Å². The summed E-state index contributed by atoms with van der Waals surface area (Å²) in [6.45, 7) is 3.54. The molecule has 98 valence electrons. The van der Waals surface area contributed by atoms with E-state index in [0.717, 1.165) is 18.4 Å². The lowest BCUT2D eigenvalue weighted by Gasteiger charge is -2.40. The third-order valence-electron chi connectivity index (χ3n) is 5.24. The Labute approximate surface area is 105 Å². The maximum absolute atomic E-state index is 6.13. The number of piperidine rings is 1. The van der Waals surface area contributed by atoms with Crippen molar-refractivity contribution in [2.75, 3.05) is 19.7 Å². The Kier molecular flexibility index (Phi) is 3.72. The summed E-state index contributed by atoms with van der Waals surface area (Å²) in [4.78, 5) is 0. The zero-order chi connectivity index (χ0) is 11.6. The standard InChI is InChI=1S/C15H27NO/c1-2-7-15(6-1)12-14(5-10-17-15)11-13-3-8-16-9-4-13/h13-14,16H,1-12H2. The largest absolute Gasteiger partial charge is 0.375 e. The summed E-state index contributed by atoms with van der Waals surface area (Å²) in [5, 5.41) is 3.48. The van der Waals surface area contributed by atoms with Gasteiger partial charge in [0.1, 0.15) is 0 Å². The van der Waals surface area contributed by atoms with Gasteiger partial charge in [-0.05, 0) is 69.9 Å². The van der Waals surface area contributed by atoms with Gasteiger partial charge in [-0.3, -0.25) is 0 Å². The first-order valence-electron chi connectivity index (χ1n) is 7.71. The van der Waals surface area contributed by atoms with E-state index in [1.54, 1.807) is 0 Å². The molecule has 3 aliphatic rings. The van der Waals surface area contributed by atoms with Crippen molar-refractivity contribution in [1.29, 1.82) is 0 Å². The smallest absolute Gasteiger partial charge is 0.0685 e. The van der Waals surface area contributed by atoms with E-state index in [-0.39, 0.29) is 0 Å². The molecule has 1 unspecified atom stereocenters. The van der Waals surface area contributed by atoms with Crippen LogP contribution in [0.25, 0.3) is 0 Å². The first-order chi connectivity index (χ1) is 8.36. The van der Waals surface area contributed by atoms with E-state index in [1.807, 2.05) is 0 Å². The van der Waals surface area contributed by atoms with Gasteiger partial charge in [-0.1, -0.05) is 12.8 Å². The molecule has 0 aromatic carbocycles. The van der Waals surface area contributed by atoms with Crippen molar-refractivity contribution in [3.05, 3.63) is 0 Å². The topological polar surface area (TPSA) is 21.3 Å². The summed E-state index contributed by atoms with van der Waals surface area (Å²) in [7, 11) is 0. The van der Waals surface area contributed by atoms with Gasteiger partial charge in [-0.2, -0.15) is 0 Å². The molecule has 1 aliphatic carbocycles. The normalized spacial score (nSPS) is 34.2. The van der Waals surface area contributed by atoms with Crippen LogP contribution in [0.4, 0.5) is 0 Å². The van der Waals surface area contributed by atoms with Crippen molar-refractivity contribution in [2.24, 2.45) is 11.8 Å². The minimum Gasteiger partial charge on any atom is -0.375 e. The molecule has 2 aliphatic heterocycles. The molecule has 17 heavy (non-hydrogen) atoms. The number of rotatable bonds is 2. The number of ether oxygens (including phenoxy) is 1. The molecule has 1 spiro atoms. The van der Waals surface area contributed by atoms with Crippen molar-refractivity contribution < 1.29 is 4.74 Å². The zero-order valence-electron chi connectivity index (χ0n) is 11.0. The van der Waals surface area contributed by atoms with Gasteiger partial charge in [0, 0.05) is 6.61 Å². The van der Waals surface area contributed by atoms with E-state index in [2.05, 4.69) is 5.32 Å². The molecule has 1 atom stereocenters. The Morgan fingerprint density at radius 3 is 2.53 bits per heavy atom. The van der Waals surface area contributed by atoms with Crippen LogP contribution in [-0.2, 0) is 4.74 Å². The molecule has 0 aromatic heterocycles. The van der Waals surface area contributed by atoms with Gasteiger partial charge in [-0.25, -0.2) is 0 Å². The second-order valence-electron chi connectivity index (χ2n) is 6.53. The molecule has 2 heteroatoms. The predicted molar refractivity (Wildman–Crippen MR) is 70.1 cm³/mol. The molecule has 3 rings (SSSR count). The average molecular weight is 237 g/mol. The van der Waals surface area contributed by atoms with E-state index in [0.29, 0.717) is 5.60 Å². The van der Waals surface area contributed by atoms with Crippen LogP contribution in [0.5, 0.6) is 0 Å². The third kappa shape index (κ3) is 2.85. The number of nitrogens with one attached hydrogen (secondary N) is 1. The van der Waals surface area contributed by atoms with Gasteiger partial charge in [0.15, 0.2) is 0 Å². The summed E-state index contributed by atoms with van der Waals surface area (Å²) < 4.78 is 6.13. The van der Waals surface area contributed by atoms with E-state index in [1.165, 1.54) is 70.9 Å². The fourth-order valence-corrected chi connectivity index (χ4v) is 4.29. The molecule has 2 heterocycles. The Bertz CT molecular complexity index is 241. The van der Waals surface area contributed by atoms with Crippen molar-refractivity contribution in [2.45, 2.75) is 63.4 Å². The monoisotopic (exact) mass is 237 g/mol. The van der Waals surface area contributed by atoms with E-state index >= 15 is 0 Å². The van der Waals surface area contributed by atoms with Crippen LogP contribution in [0.15, 0.2) is 0 Å². The fourth-order valence-electron chi connectivity index (χ4n) is 4.29. The van der Waals surface area contributed by atoms with Crippen LogP contribution in [0.2, 0.25) is 0 Å². The van der Waals surface area contributed by atoms with E-state index in [9.17, 15) is 0 Å². The SMILES string of the molecule is C1CCC2(C1)CC(CC1CCNCC1)CCO2. The van der Waals surface area contributed by atoms with Gasteiger partial charge in [0.25, 0.3) is 0 Å². The molecular weight excluding hydrogens is 210 g/mol. The first-order valence-corrected chi connectivity index (χ1v) is 7.71. The molecule has 1 saturated carbocycles. The van der Waals surface area contributed by atoms with Crippen molar-refractivity contribution in [1.82, 2.24) is 5.32 Å². The molecule has 2 saturated heterocycles. The first kappa shape index (κ1) is 12.0. The Morgan fingerprint density at radius 1 is 1.00 bits per heavy atom. The summed E-state index contributed by atoms with van der Waals surface area (Å²) >= 11 is 0. The molecule has 2 nitrogen and oxygen atoms in total. The maximum atomic E-state index is 6.13. The Morgan fingerprint density at radius 2 is 1.76 bits per heavy atom. The number of hydrogen-bond acceptors (Lipinski definition) is 2. The lowest BCUT2D eigenvalue weighted by molar-refractivity contribution is -0.0960. The van der Waals surface area contributed by atoms with Crippen LogP contribution in [-0.4, -0.2) is 25.3 Å². The highest BCUT2D eigenvalue weighted by Gasteiger charge is 2.40. The highest BCUT2D eigenvalue weighted by atomic mass is 16.5. The minimum atomic E-state index is 0.329. The van der Waals surface area contributed by atoms with E-state index in [4.69, 9.17) is 4.74 Å². The molecule has 0 aromatic rings. The second kappa shape index (κ2) is 5.27. The van der Waals surface area contributed by atoms with Crippen LogP contribution >= 0.6 is 0 Å². The van der Waals surface area contributed by atoms with Crippen LogP contribution in [0.1, 0.15) is 57.8 Å². The lowest BCUT2D eigenvalue weighted by atomic mass is 9.78. The highest BCUT2D eigenvalue weighted by Crippen LogP contribution is 2.44. The molecule has 0 radical (unpaired) electrons. The highest BCUT2D eigenvalue weighted by molar-refractivity contribution is 4.91. The van der Waals surface area contributed by atoms with Gasteiger partial charge < -0.3 is 10.1 Å². The molecule has 3 fully saturated rings. The van der Waals surface area contributed by atoms with Crippen molar-refractivity contribution in [3.63, 3.8) is 0 Å². The minimum absolute atomic E-state index is 0.329. The van der Waals surface area contributed by atoms with Gasteiger partial charge >= 0.3 is 0 Å². The summed E-state index contributed by atoms with van der Waals surface area (Å²) in [6.07, 6.45) is 12.5. The van der Waals surface area contributed by atoms with E-state index < -0.39 is 0 Å². The summed E-state index contributed by atoms with van der Waals surface area (Å²) in [5.41, 5.74) is 0.329. The van der Waals surface area contributed by atoms with Gasteiger partial charge in [0.05, 0.1) is 5.60 Å². The lowest BCUT2D eigenvalue weighted by Crippen LogP contribution is -2.38. The van der Waals surface area contributed by atoms with Crippen molar-refractivity contribution >= 4 is 0 Å². The maximum Gasteiger partial charge on any atom is 0.0685 e. The Hall–Kier alpha value is -0.0800. The zero-order valence-corrected chi connectivity index (χ0v) is 11.0. The quantitative estimate of drug-likeness (QED) is 0.797.